The Bertz CT molecular complexity index is 453. The van der Waals surface area contributed by atoms with Crippen LogP contribution < -0.4 is 9.47 Å². The molecule has 0 saturated carbocycles. The largest absolute Gasteiger partial charge is 0.497 e. The molecular formula is C16H22O3. The minimum absolute atomic E-state index is 0.0725. The summed E-state index contributed by atoms with van der Waals surface area (Å²) in [7, 11) is 1.65. The minimum atomic E-state index is 0.0725. The molecule has 0 N–H and O–H groups in total. The summed E-state index contributed by atoms with van der Waals surface area (Å²) in [5, 5.41) is 0. The number of carbonyl (C=O) groups excluding carboxylic acids is 1. The molecule has 0 radical (unpaired) electrons. The van der Waals surface area contributed by atoms with Crippen molar-refractivity contribution in [2.24, 2.45) is 11.8 Å². The number of rotatable bonds is 4. The summed E-state index contributed by atoms with van der Waals surface area (Å²) in [5.41, 5.74) is 1.08. The Balaban J connectivity index is 2.21. The van der Waals surface area contributed by atoms with Crippen LogP contribution in [0.4, 0.5) is 0 Å². The van der Waals surface area contributed by atoms with Gasteiger partial charge in [0.25, 0.3) is 0 Å². The monoisotopic (exact) mass is 262 g/mol. The van der Waals surface area contributed by atoms with Gasteiger partial charge in [-0.05, 0) is 43.0 Å². The molecule has 1 aromatic carbocycles. The van der Waals surface area contributed by atoms with E-state index in [0.29, 0.717) is 12.4 Å². The summed E-state index contributed by atoms with van der Waals surface area (Å²) in [6.45, 7) is 4.69. The summed E-state index contributed by atoms with van der Waals surface area (Å²) in [6.07, 6.45) is 2.47. The Labute approximate surface area is 114 Å². The molecule has 104 valence electrons. The highest BCUT2D eigenvalue weighted by Gasteiger charge is 2.26. The maximum absolute atomic E-state index is 12.4. The van der Waals surface area contributed by atoms with E-state index in [1.807, 2.05) is 25.1 Å². The Morgan fingerprint density at radius 3 is 3.00 bits per heavy atom. The molecule has 1 heterocycles. The number of hydrogen-bond acceptors (Lipinski definition) is 3. The number of Topliss-reactive ketones (excluding diaryl/α,β-unsaturated/α-hetero) is 1. The van der Waals surface area contributed by atoms with Crippen LogP contribution in [0.3, 0.4) is 0 Å². The van der Waals surface area contributed by atoms with E-state index in [9.17, 15) is 4.79 Å². The third-order valence-electron chi connectivity index (χ3n) is 3.96. The van der Waals surface area contributed by atoms with E-state index in [-0.39, 0.29) is 11.8 Å². The Kier molecular flexibility index (Phi) is 4.46. The van der Waals surface area contributed by atoms with Crippen molar-refractivity contribution in [2.45, 2.75) is 33.1 Å². The number of ether oxygens (including phenoxy) is 2. The van der Waals surface area contributed by atoms with E-state index in [1.54, 1.807) is 7.11 Å². The molecule has 0 fully saturated rings. The van der Waals surface area contributed by atoms with Gasteiger partial charge in [-0.25, -0.2) is 0 Å². The zero-order valence-electron chi connectivity index (χ0n) is 11.9. The molecule has 3 heteroatoms. The summed E-state index contributed by atoms with van der Waals surface area (Å²) in [6, 6.07) is 5.82. The lowest BCUT2D eigenvalue weighted by Crippen LogP contribution is -2.23. The lowest BCUT2D eigenvalue weighted by Gasteiger charge is -2.16. The maximum atomic E-state index is 12.4. The third-order valence-corrected chi connectivity index (χ3v) is 3.96. The standard InChI is InChI=1S/C16H22O3/c1-4-11(2)16(17)12-7-8-19-15-6-5-14(18-3)10-13(15)9-12/h5-6,10-12H,4,7-9H2,1-3H3. The molecule has 0 spiro atoms. The van der Waals surface area contributed by atoms with Gasteiger partial charge in [0.05, 0.1) is 13.7 Å². The molecular weight excluding hydrogens is 240 g/mol. The van der Waals surface area contributed by atoms with Crippen molar-refractivity contribution in [3.05, 3.63) is 23.8 Å². The van der Waals surface area contributed by atoms with Gasteiger partial charge < -0.3 is 9.47 Å². The van der Waals surface area contributed by atoms with Gasteiger partial charge in [-0.1, -0.05) is 13.8 Å². The minimum Gasteiger partial charge on any atom is -0.497 e. The second-order valence-electron chi connectivity index (χ2n) is 5.22. The van der Waals surface area contributed by atoms with Crippen LogP contribution in [0.15, 0.2) is 18.2 Å². The van der Waals surface area contributed by atoms with Crippen molar-refractivity contribution in [1.82, 2.24) is 0 Å². The molecule has 0 amide bonds. The highest BCUT2D eigenvalue weighted by molar-refractivity contribution is 5.83. The molecule has 2 unspecified atom stereocenters. The summed E-state index contributed by atoms with van der Waals surface area (Å²) in [4.78, 5) is 12.4. The first-order valence-electron chi connectivity index (χ1n) is 6.99. The van der Waals surface area contributed by atoms with Gasteiger partial charge >= 0.3 is 0 Å². The van der Waals surface area contributed by atoms with E-state index in [4.69, 9.17) is 9.47 Å². The molecule has 1 aliphatic heterocycles. The van der Waals surface area contributed by atoms with Gasteiger partial charge in [0.2, 0.25) is 0 Å². The predicted molar refractivity (Wildman–Crippen MR) is 74.8 cm³/mol. The van der Waals surface area contributed by atoms with Crippen LogP contribution in [0.25, 0.3) is 0 Å². The average molecular weight is 262 g/mol. The van der Waals surface area contributed by atoms with Crippen molar-refractivity contribution >= 4 is 5.78 Å². The van der Waals surface area contributed by atoms with E-state index in [0.717, 1.165) is 36.3 Å². The van der Waals surface area contributed by atoms with Crippen molar-refractivity contribution in [3.8, 4) is 11.5 Å². The summed E-state index contributed by atoms with van der Waals surface area (Å²) < 4.78 is 11.0. The lowest BCUT2D eigenvalue weighted by molar-refractivity contribution is -0.126. The quantitative estimate of drug-likeness (QED) is 0.835. The van der Waals surface area contributed by atoms with E-state index in [2.05, 4.69) is 6.92 Å². The molecule has 0 bridgehead atoms. The average Bonchev–Trinajstić information content (AvgIpc) is 2.66. The third kappa shape index (κ3) is 3.09. The van der Waals surface area contributed by atoms with Crippen LogP contribution in [0, 0.1) is 11.8 Å². The van der Waals surface area contributed by atoms with Crippen LogP contribution in [-0.2, 0) is 11.2 Å². The van der Waals surface area contributed by atoms with Gasteiger partial charge in [-0.15, -0.1) is 0 Å². The van der Waals surface area contributed by atoms with Crippen molar-refractivity contribution < 1.29 is 14.3 Å². The Hall–Kier alpha value is -1.51. The summed E-state index contributed by atoms with van der Waals surface area (Å²) in [5.74, 6) is 2.28. The predicted octanol–water partition coefficient (Wildman–Crippen LogP) is 3.25. The fourth-order valence-corrected chi connectivity index (χ4v) is 2.51. The normalized spacial score (nSPS) is 19.8. The fraction of sp³-hybridized carbons (Fsp3) is 0.562. The smallest absolute Gasteiger partial charge is 0.139 e. The molecule has 1 aliphatic rings. The molecule has 1 aromatic rings. The molecule has 2 rings (SSSR count). The molecule has 0 aliphatic carbocycles. The number of hydrogen-bond donors (Lipinski definition) is 0. The first-order chi connectivity index (χ1) is 9.15. The number of benzene rings is 1. The number of carbonyl (C=O) groups is 1. The van der Waals surface area contributed by atoms with Crippen LogP contribution >= 0.6 is 0 Å². The zero-order chi connectivity index (χ0) is 13.8. The van der Waals surface area contributed by atoms with E-state index >= 15 is 0 Å². The summed E-state index contributed by atoms with van der Waals surface area (Å²) >= 11 is 0. The van der Waals surface area contributed by atoms with E-state index < -0.39 is 0 Å². The Morgan fingerprint density at radius 1 is 1.53 bits per heavy atom. The van der Waals surface area contributed by atoms with Gasteiger partial charge in [-0.3, -0.25) is 4.79 Å². The van der Waals surface area contributed by atoms with Crippen molar-refractivity contribution in [3.63, 3.8) is 0 Å². The van der Waals surface area contributed by atoms with Crippen LogP contribution in [0.1, 0.15) is 32.3 Å². The SMILES string of the molecule is CCC(C)C(=O)C1CCOc2ccc(OC)cc2C1. The lowest BCUT2D eigenvalue weighted by atomic mass is 9.86. The number of fused-ring (bicyclic) bond motifs is 1. The molecule has 19 heavy (non-hydrogen) atoms. The van der Waals surface area contributed by atoms with Crippen LogP contribution in [-0.4, -0.2) is 19.5 Å². The van der Waals surface area contributed by atoms with E-state index in [1.165, 1.54) is 0 Å². The number of methoxy groups -OCH3 is 1. The van der Waals surface area contributed by atoms with Gasteiger partial charge in [-0.2, -0.15) is 0 Å². The van der Waals surface area contributed by atoms with Crippen molar-refractivity contribution in [2.75, 3.05) is 13.7 Å². The van der Waals surface area contributed by atoms with Crippen molar-refractivity contribution in [1.29, 1.82) is 0 Å². The van der Waals surface area contributed by atoms with Gasteiger partial charge in [0.1, 0.15) is 17.3 Å². The van der Waals surface area contributed by atoms with Crippen LogP contribution in [0.5, 0.6) is 11.5 Å². The second kappa shape index (κ2) is 6.09. The molecule has 0 saturated heterocycles. The molecule has 0 aromatic heterocycles. The van der Waals surface area contributed by atoms with Crippen LogP contribution in [0.2, 0.25) is 0 Å². The van der Waals surface area contributed by atoms with Gasteiger partial charge in [0, 0.05) is 11.8 Å². The number of ketones is 1. The Morgan fingerprint density at radius 2 is 2.32 bits per heavy atom. The topological polar surface area (TPSA) is 35.5 Å². The first-order valence-corrected chi connectivity index (χ1v) is 6.99. The molecule has 2 atom stereocenters. The van der Waals surface area contributed by atoms with Gasteiger partial charge in [0.15, 0.2) is 0 Å². The second-order valence-corrected chi connectivity index (χ2v) is 5.22. The first kappa shape index (κ1) is 13.9. The highest BCUT2D eigenvalue weighted by Crippen LogP contribution is 2.31. The molecule has 3 nitrogen and oxygen atoms in total. The highest BCUT2D eigenvalue weighted by atomic mass is 16.5. The maximum Gasteiger partial charge on any atom is 0.139 e. The fourth-order valence-electron chi connectivity index (χ4n) is 2.51. The zero-order valence-corrected chi connectivity index (χ0v) is 11.9.